The van der Waals surface area contributed by atoms with Crippen molar-refractivity contribution in [2.24, 2.45) is 0 Å². The Morgan fingerprint density at radius 2 is 1.83 bits per heavy atom. The zero-order valence-electron chi connectivity index (χ0n) is 12.0. The van der Waals surface area contributed by atoms with Crippen molar-refractivity contribution in [1.82, 2.24) is 9.97 Å². The Kier molecular flexibility index (Phi) is 4.32. The Hall–Kier alpha value is -2.37. The fourth-order valence-corrected chi connectivity index (χ4v) is 2.81. The van der Waals surface area contributed by atoms with Gasteiger partial charge in [0.15, 0.2) is 4.77 Å². The fourth-order valence-electron chi connectivity index (χ4n) is 2.42. The molecule has 3 aromatic rings. The molecule has 3 rings (SSSR count). The number of hydrogen-bond acceptors (Lipinski definition) is 3. The molecule has 0 amide bonds. The second kappa shape index (κ2) is 6.40. The van der Waals surface area contributed by atoms with Crippen LogP contribution < -0.4 is 5.56 Å². The van der Waals surface area contributed by atoms with Crippen LogP contribution in [-0.4, -0.2) is 15.1 Å². The second-order valence-electron chi connectivity index (χ2n) is 5.08. The lowest BCUT2D eigenvalue weighted by Crippen LogP contribution is -2.16. The molecule has 0 aliphatic rings. The van der Waals surface area contributed by atoms with Crippen molar-refractivity contribution >= 4 is 23.8 Å². The van der Waals surface area contributed by atoms with Crippen molar-refractivity contribution in [2.45, 2.75) is 6.42 Å². The zero-order valence-corrected chi connectivity index (χ0v) is 13.5. The van der Waals surface area contributed by atoms with E-state index >= 15 is 0 Å². The Labute approximate surface area is 142 Å². The molecule has 0 aliphatic carbocycles. The minimum Gasteiger partial charge on any atom is -0.508 e. The number of H-pyrrole nitrogens is 2. The topological polar surface area (TPSA) is 68.9 Å². The van der Waals surface area contributed by atoms with Gasteiger partial charge in [-0.15, -0.1) is 0 Å². The minimum absolute atomic E-state index is 0.0928. The summed E-state index contributed by atoms with van der Waals surface area (Å²) in [6.45, 7) is 0. The number of phenolic OH excluding ortho intramolecular Hbond substituents is 1. The second-order valence-corrected chi connectivity index (χ2v) is 5.92. The third kappa shape index (κ3) is 3.36. The van der Waals surface area contributed by atoms with Gasteiger partial charge in [-0.05, 0) is 41.5 Å². The average molecular weight is 345 g/mol. The van der Waals surface area contributed by atoms with Gasteiger partial charge in [-0.1, -0.05) is 41.9 Å². The molecule has 3 N–H and O–H groups in total. The van der Waals surface area contributed by atoms with Gasteiger partial charge in [0.25, 0.3) is 5.56 Å². The third-order valence-corrected chi connectivity index (χ3v) is 3.95. The van der Waals surface area contributed by atoms with Gasteiger partial charge in [0, 0.05) is 17.0 Å². The molecule has 0 radical (unpaired) electrons. The van der Waals surface area contributed by atoms with Gasteiger partial charge in [0.2, 0.25) is 0 Å². The summed E-state index contributed by atoms with van der Waals surface area (Å²) in [6, 6.07) is 14.2. The van der Waals surface area contributed by atoms with Crippen molar-refractivity contribution in [2.75, 3.05) is 0 Å². The van der Waals surface area contributed by atoms with Crippen LogP contribution in [-0.2, 0) is 6.42 Å². The van der Waals surface area contributed by atoms with E-state index in [9.17, 15) is 9.90 Å². The van der Waals surface area contributed by atoms with Gasteiger partial charge in [-0.3, -0.25) is 9.78 Å². The molecule has 0 saturated heterocycles. The van der Waals surface area contributed by atoms with Gasteiger partial charge in [0.05, 0.1) is 5.69 Å². The lowest BCUT2D eigenvalue weighted by Gasteiger charge is -2.10. The normalized spacial score (nSPS) is 10.7. The molecule has 1 heterocycles. The number of nitrogens with one attached hydrogen (secondary N) is 2. The van der Waals surface area contributed by atoms with Crippen LogP contribution in [0.3, 0.4) is 0 Å². The van der Waals surface area contributed by atoms with Crippen LogP contribution in [0, 0.1) is 4.77 Å². The fraction of sp³-hybridized carbons (Fsp3) is 0.0588. The summed E-state index contributed by atoms with van der Waals surface area (Å²) in [4.78, 5) is 18.0. The first-order valence-electron chi connectivity index (χ1n) is 6.93. The van der Waals surface area contributed by atoms with Gasteiger partial charge in [0.1, 0.15) is 5.75 Å². The highest BCUT2D eigenvalue weighted by atomic mass is 35.5. The van der Waals surface area contributed by atoms with Crippen LogP contribution in [0.15, 0.2) is 53.3 Å². The SMILES string of the molecule is O=c1[nH]c(=S)[nH]c(-c2ccccc2)c1Cc1cc(Cl)ccc1O. The Balaban J connectivity index is 2.17. The van der Waals surface area contributed by atoms with E-state index in [1.165, 1.54) is 6.07 Å². The third-order valence-electron chi connectivity index (χ3n) is 3.51. The molecule has 0 spiro atoms. The monoisotopic (exact) mass is 344 g/mol. The maximum Gasteiger partial charge on any atom is 0.255 e. The predicted molar refractivity (Wildman–Crippen MR) is 93.6 cm³/mol. The number of halogens is 1. The summed E-state index contributed by atoms with van der Waals surface area (Å²) in [6.07, 6.45) is 0.234. The predicted octanol–water partition coefficient (Wildman–Crippen LogP) is 4.05. The Bertz CT molecular complexity index is 964. The molecule has 6 heteroatoms. The molecule has 0 fully saturated rings. The molecule has 0 unspecified atom stereocenters. The minimum atomic E-state index is -0.285. The number of aromatic amines is 2. The first-order valence-corrected chi connectivity index (χ1v) is 7.71. The van der Waals surface area contributed by atoms with Gasteiger partial charge in [-0.25, -0.2) is 0 Å². The highest BCUT2D eigenvalue weighted by Crippen LogP contribution is 2.26. The smallest absolute Gasteiger partial charge is 0.255 e. The van der Waals surface area contributed by atoms with Gasteiger partial charge in [-0.2, -0.15) is 0 Å². The molecule has 116 valence electrons. The molecule has 0 bridgehead atoms. The number of hydrogen-bond donors (Lipinski definition) is 3. The largest absolute Gasteiger partial charge is 0.508 e. The molecular weight excluding hydrogens is 332 g/mol. The van der Waals surface area contributed by atoms with E-state index in [0.29, 0.717) is 21.8 Å². The molecule has 23 heavy (non-hydrogen) atoms. The van der Waals surface area contributed by atoms with Crippen LogP contribution in [0.2, 0.25) is 5.02 Å². The van der Waals surface area contributed by atoms with Crippen LogP contribution >= 0.6 is 23.8 Å². The van der Waals surface area contributed by atoms with E-state index in [4.69, 9.17) is 23.8 Å². The van der Waals surface area contributed by atoms with E-state index in [-0.39, 0.29) is 22.5 Å². The van der Waals surface area contributed by atoms with Crippen LogP contribution in [0.1, 0.15) is 11.1 Å². The maximum absolute atomic E-state index is 12.4. The number of phenols is 1. The first kappa shape index (κ1) is 15.5. The van der Waals surface area contributed by atoms with Crippen molar-refractivity contribution in [1.29, 1.82) is 0 Å². The average Bonchev–Trinajstić information content (AvgIpc) is 2.54. The summed E-state index contributed by atoms with van der Waals surface area (Å²) in [5, 5.41) is 10.5. The van der Waals surface area contributed by atoms with Crippen LogP contribution in [0.5, 0.6) is 5.75 Å². The number of aromatic nitrogens is 2. The zero-order chi connectivity index (χ0) is 16.4. The van der Waals surface area contributed by atoms with Gasteiger partial charge < -0.3 is 10.1 Å². The summed E-state index contributed by atoms with van der Waals surface area (Å²) in [5.74, 6) is 0.0928. The van der Waals surface area contributed by atoms with Crippen molar-refractivity contribution in [3.8, 4) is 17.0 Å². The van der Waals surface area contributed by atoms with E-state index in [0.717, 1.165) is 5.56 Å². The van der Waals surface area contributed by atoms with Crippen molar-refractivity contribution in [3.05, 3.63) is 79.8 Å². The van der Waals surface area contributed by atoms with Crippen molar-refractivity contribution in [3.63, 3.8) is 0 Å². The lowest BCUT2D eigenvalue weighted by molar-refractivity contribution is 0.469. The number of rotatable bonds is 3. The van der Waals surface area contributed by atoms with Crippen LogP contribution in [0.25, 0.3) is 11.3 Å². The summed E-state index contributed by atoms with van der Waals surface area (Å²) < 4.78 is 0.257. The van der Waals surface area contributed by atoms with E-state index in [1.54, 1.807) is 12.1 Å². The van der Waals surface area contributed by atoms with E-state index < -0.39 is 0 Å². The summed E-state index contributed by atoms with van der Waals surface area (Å²) in [7, 11) is 0. The summed E-state index contributed by atoms with van der Waals surface area (Å²) in [5.41, 5.74) is 2.26. The quantitative estimate of drug-likeness (QED) is 0.628. The van der Waals surface area contributed by atoms with E-state index in [2.05, 4.69) is 9.97 Å². The van der Waals surface area contributed by atoms with Crippen molar-refractivity contribution < 1.29 is 5.11 Å². The first-order chi connectivity index (χ1) is 11.0. The highest BCUT2D eigenvalue weighted by molar-refractivity contribution is 7.71. The maximum atomic E-state index is 12.4. The Morgan fingerprint density at radius 3 is 2.57 bits per heavy atom. The number of benzene rings is 2. The highest BCUT2D eigenvalue weighted by Gasteiger charge is 2.13. The molecular formula is C17H13ClN2O2S. The summed E-state index contributed by atoms with van der Waals surface area (Å²) >= 11 is 11.1. The van der Waals surface area contributed by atoms with Crippen LogP contribution in [0.4, 0.5) is 0 Å². The molecule has 1 aromatic heterocycles. The molecule has 0 saturated carbocycles. The molecule has 2 aromatic carbocycles. The number of aromatic hydroxyl groups is 1. The molecule has 0 atom stereocenters. The lowest BCUT2D eigenvalue weighted by atomic mass is 10.00. The molecule has 4 nitrogen and oxygen atoms in total. The van der Waals surface area contributed by atoms with E-state index in [1.807, 2.05) is 30.3 Å². The standard InChI is InChI=1S/C17H13ClN2O2S/c18-12-6-7-14(21)11(8-12)9-13-15(10-4-2-1-3-5-10)19-17(23)20-16(13)22/h1-8,21H,9H2,(H2,19,20,22,23). The molecule has 0 aliphatic heterocycles. The Morgan fingerprint density at radius 1 is 1.09 bits per heavy atom. The van der Waals surface area contributed by atoms with Gasteiger partial charge >= 0.3 is 0 Å².